The van der Waals surface area contributed by atoms with Gasteiger partial charge in [0.1, 0.15) is 0 Å². The van der Waals surface area contributed by atoms with Crippen LogP contribution in [0.15, 0.2) is 60.7 Å². The third kappa shape index (κ3) is 5.37. The molecule has 3 aromatic rings. The normalized spacial score (nSPS) is 14.5. The average molecular weight is 438 g/mol. The van der Waals surface area contributed by atoms with E-state index in [1.165, 1.54) is 0 Å². The predicted molar refractivity (Wildman–Crippen MR) is 126 cm³/mol. The molecule has 1 fully saturated rings. The average Bonchev–Trinajstić information content (AvgIpc) is 3.12. The van der Waals surface area contributed by atoms with Gasteiger partial charge in [0.15, 0.2) is 0 Å². The van der Waals surface area contributed by atoms with Crippen molar-refractivity contribution in [2.45, 2.75) is 19.9 Å². The minimum Gasteiger partial charge on any atom is -0.379 e. The lowest BCUT2D eigenvalue weighted by Gasteiger charge is -2.26. The number of carbonyl (C=O) groups is 1. The zero-order valence-electron chi connectivity index (χ0n) is 17.8. The van der Waals surface area contributed by atoms with Gasteiger partial charge in [0.05, 0.1) is 18.8 Å². The molecule has 5 nitrogen and oxygen atoms in total. The zero-order valence-corrected chi connectivity index (χ0v) is 18.6. The molecule has 2 aromatic carbocycles. The molecule has 0 saturated carbocycles. The van der Waals surface area contributed by atoms with Crippen LogP contribution in [-0.2, 0) is 11.3 Å². The Labute approximate surface area is 188 Å². The van der Waals surface area contributed by atoms with Crippen molar-refractivity contribution >= 4 is 23.2 Å². The topological polar surface area (TPSA) is 46.5 Å². The number of benzene rings is 2. The summed E-state index contributed by atoms with van der Waals surface area (Å²) in [5.74, 6) is -0.121. The highest BCUT2D eigenvalue weighted by atomic mass is 35.5. The molecule has 0 spiro atoms. The number of nitrogens with zero attached hydrogens (tertiary/aromatic N) is 2. The third-order valence-electron chi connectivity index (χ3n) is 5.72. The highest BCUT2D eigenvalue weighted by Gasteiger charge is 2.19. The first kappa shape index (κ1) is 21.6. The van der Waals surface area contributed by atoms with Gasteiger partial charge in [-0.05, 0) is 43.2 Å². The first-order valence-corrected chi connectivity index (χ1v) is 11.1. The molecule has 4 rings (SSSR count). The molecular formula is C25H28ClN3O2. The Morgan fingerprint density at radius 1 is 1.03 bits per heavy atom. The van der Waals surface area contributed by atoms with E-state index in [0.29, 0.717) is 16.3 Å². The van der Waals surface area contributed by atoms with Crippen molar-refractivity contribution in [1.29, 1.82) is 0 Å². The van der Waals surface area contributed by atoms with Gasteiger partial charge in [-0.15, -0.1) is 0 Å². The lowest BCUT2D eigenvalue weighted by Crippen LogP contribution is -2.37. The van der Waals surface area contributed by atoms with Gasteiger partial charge in [0.2, 0.25) is 0 Å². The van der Waals surface area contributed by atoms with Gasteiger partial charge < -0.3 is 14.6 Å². The molecule has 1 amide bonds. The Morgan fingerprint density at radius 2 is 1.81 bits per heavy atom. The molecule has 1 saturated heterocycles. The smallest absolute Gasteiger partial charge is 0.257 e. The summed E-state index contributed by atoms with van der Waals surface area (Å²) in [6.45, 7) is 7.51. The number of nitrogens with one attached hydrogen (secondary N) is 1. The van der Waals surface area contributed by atoms with Crippen molar-refractivity contribution in [2.24, 2.45) is 0 Å². The van der Waals surface area contributed by atoms with Crippen LogP contribution in [0, 0.1) is 6.92 Å². The lowest BCUT2D eigenvalue weighted by molar-refractivity contribution is 0.0369. The van der Waals surface area contributed by atoms with E-state index in [-0.39, 0.29) is 5.91 Å². The fourth-order valence-corrected chi connectivity index (χ4v) is 4.24. The van der Waals surface area contributed by atoms with Crippen molar-refractivity contribution in [3.8, 4) is 11.3 Å². The number of aromatic nitrogens is 1. The summed E-state index contributed by atoms with van der Waals surface area (Å²) in [5.41, 5.74) is 4.53. The van der Waals surface area contributed by atoms with E-state index in [1.807, 2.05) is 43.3 Å². The number of ether oxygens (including phenoxy) is 1. The van der Waals surface area contributed by atoms with Crippen LogP contribution in [0.1, 0.15) is 22.5 Å². The summed E-state index contributed by atoms with van der Waals surface area (Å²) >= 11 is 6.07. The van der Waals surface area contributed by atoms with E-state index in [0.717, 1.165) is 62.8 Å². The van der Waals surface area contributed by atoms with Gasteiger partial charge in [0, 0.05) is 48.3 Å². The lowest BCUT2D eigenvalue weighted by atomic mass is 10.1. The number of hydrogen-bond acceptors (Lipinski definition) is 3. The summed E-state index contributed by atoms with van der Waals surface area (Å²) in [6, 6.07) is 19.5. The van der Waals surface area contributed by atoms with Crippen LogP contribution in [0.5, 0.6) is 0 Å². The van der Waals surface area contributed by atoms with Crippen LogP contribution < -0.4 is 5.32 Å². The van der Waals surface area contributed by atoms with E-state index in [4.69, 9.17) is 16.3 Å². The second-order valence-corrected chi connectivity index (χ2v) is 8.25. The Bertz CT molecular complexity index is 1030. The second kappa shape index (κ2) is 10.1. The summed E-state index contributed by atoms with van der Waals surface area (Å²) < 4.78 is 7.71. The number of halogens is 1. The molecule has 1 aliphatic rings. The van der Waals surface area contributed by atoms with Crippen molar-refractivity contribution < 1.29 is 9.53 Å². The molecule has 2 heterocycles. The van der Waals surface area contributed by atoms with Crippen LogP contribution >= 0.6 is 11.6 Å². The monoisotopic (exact) mass is 437 g/mol. The second-order valence-electron chi connectivity index (χ2n) is 7.82. The number of morpholine rings is 1. The quantitative estimate of drug-likeness (QED) is 0.560. The van der Waals surface area contributed by atoms with E-state index in [2.05, 4.69) is 26.9 Å². The van der Waals surface area contributed by atoms with Gasteiger partial charge in [-0.25, -0.2) is 0 Å². The number of anilines is 1. The maximum Gasteiger partial charge on any atom is 0.257 e. The number of rotatable bonds is 7. The minimum absolute atomic E-state index is 0.121. The first-order valence-electron chi connectivity index (χ1n) is 10.7. The largest absolute Gasteiger partial charge is 0.379 e. The van der Waals surface area contributed by atoms with E-state index in [9.17, 15) is 4.79 Å². The number of hydrogen-bond donors (Lipinski definition) is 1. The van der Waals surface area contributed by atoms with Crippen LogP contribution in [0.4, 0.5) is 5.69 Å². The maximum atomic E-state index is 13.1. The maximum absolute atomic E-state index is 13.1. The zero-order chi connectivity index (χ0) is 21.6. The summed E-state index contributed by atoms with van der Waals surface area (Å²) in [7, 11) is 0. The number of carbonyl (C=O) groups excluding carboxylic acids is 1. The summed E-state index contributed by atoms with van der Waals surface area (Å²) in [5, 5.41) is 3.58. The van der Waals surface area contributed by atoms with Crippen molar-refractivity contribution in [2.75, 3.05) is 38.2 Å². The van der Waals surface area contributed by atoms with Gasteiger partial charge >= 0.3 is 0 Å². The number of amides is 1. The summed E-state index contributed by atoms with van der Waals surface area (Å²) in [4.78, 5) is 15.5. The van der Waals surface area contributed by atoms with Gasteiger partial charge in [-0.2, -0.15) is 0 Å². The molecule has 0 atom stereocenters. The van der Waals surface area contributed by atoms with E-state index >= 15 is 0 Å². The molecule has 1 N–H and O–H groups in total. The summed E-state index contributed by atoms with van der Waals surface area (Å²) in [6.07, 6.45) is 1.02. The Kier molecular flexibility index (Phi) is 7.07. The van der Waals surface area contributed by atoms with Crippen molar-refractivity contribution in [1.82, 2.24) is 9.47 Å². The Hall–Kier alpha value is -2.60. The molecule has 6 heteroatoms. The molecular weight excluding hydrogens is 410 g/mol. The standard InChI is InChI=1S/C25H28ClN3O2/c1-19-23(25(30)27-22-10-5-9-21(26)17-22)18-24(20-7-3-2-4-8-20)29(19)12-6-11-28-13-15-31-16-14-28/h2-5,7-10,17-18H,6,11-16H2,1H3,(H,27,30). The Balaban J connectivity index is 1.56. The molecule has 0 unspecified atom stereocenters. The molecule has 0 bridgehead atoms. The highest BCUT2D eigenvalue weighted by molar-refractivity contribution is 6.31. The van der Waals surface area contributed by atoms with Gasteiger partial charge in [-0.3, -0.25) is 9.69 Å². The molecule has 0 radical (unpaired) electrons. The molecule has 162 valence electrons. The Morgan fingerprint density at radius 3 is 2.55 bits per heavy atom. The SMILES string of the molecule is Cc1c(C(=O)Nc2cccc(Cl)c2)cc(-c2ccccc2)n1CCCN1CCOCC1. The van der Waals surface area contributed by atoms with Crippen molar-refractivity contribution in [3.63, 3.8) is 0 Å². The predicted octanol–water partition coefficient (Wildman–Crippen LogP) is 5.09. The highest BCUT2D eigenvalue weighted by Crippen LogP contribution is 2.27. The van der Waals surface area contributed by atoms with E-state index in [1.54, 1.807) is 12.1 Å². The first-order chi connectivity index (χ1) is 15.1. The van der Waals surface area contributed by atoms with Crippen LogP contribution in [0.3, 0.4) is 0 Å². The van der Waals surface area contributed by atoms with Crippen LogP contribution in [0.25, 0.3) is 11.3 Å². The fraction of sp³-hybridized carbons (Fsp3) is 0.320. The fourth-order valence-electron chi connectivity index (χ4n) is 4.05. The van der Waals surface area contributed by atoms with Crippen LogP contribution in [-0.4, -0.2) is 48.2 Å². The third-order valence-corrected chi connectivity index (χ3v) is 5.96. The molecule has 1 aliphatic heterocycles. The van der Waals surface area contributed by atoms with Crippen molar-refractivity contribution in [3.05, 3.63) is 76.9 Å². The van der Waals surface area contributed by atoms with Gasteiger partial charge in [0.25, 0.3) is 5.91 Å². The van der Waals surface area contributed by atoms with Crippen LogP contribution in [0.2, 0.25) is 5.02 Å². The van der Waals surface area contributed by atoms with Gasteiger partial charge in [-0.1, -0.05) is 48.0 Å². The minimum atomic E-state index is -0.121. The van der Waals surface area contributed by atoms with E-state index < -0.39 is 0 Å². The molecule has 0 aliphatic carbocycles. The molecule has 1 aromatic heterocycles. The molecule has 31 heavy (non-hydrogen) atoms.